The van der Waals surface area contributed by atoms with Crippen molar-refractivity contribution in [2.45, 2.75) is 89.9 Å². The summed E-state index contributed by atoms with van der Waals surface area (Å²) in [5.41, 5.74) is 4.85. The molecule has 1 aliphatic carbocycles. The van der Waals surface area contributed by atoms with Gasteiger partial charge in [-0.05, 0) is 58.9 Å². The molecule has 0 bridgehead atoms. The number of para-hydroxylation sites is 1. The average Bonchev–Trinajstić information content (AvgIpc) is 2.74. The van der Waals surface area contributed by atoms with E-state index in [4.69, 9.17) is 4.74 Å². The zero-order valence-corrected chi connectivity index (χ0v) is 19.8. The maximum absolute atomic E-state index is 11.6. The SMILES string of the molecule is CCCCCC(COc1ccccc1C(=O)O)c1ccc2c(c1)C(C)(C)CCC2(C)C. The normalized spacial score (nSPS) is 17.6. The first-order chi connectivity index (χ1) is 14.7. The number of rotatable bonds is 9. The predicted octanol–water partition coefficient (Wildman–Crippen LogP) is 7.48. The van der Waals surface area contributed by atoms with E-state index in [2.05, 4.69) is 52.8 Å². The van der Waals surface area contributed by atoms with E-state index >= 15 is 0 Å². The molecule has 1 N–H and O–H groups in total. The zero-order valence-electron chi connectivity index (χ0n) is 19.8. The molecule has 0 radical (unpaired) electrons. The van der Waals surface area contributed by atoms with E-state index in [9.17, 15) is 9.90 Å². The molecule has 1 aliphatic rings. The molecule has 31 heavy (non-hydrogen) atoms. The van der Waals surface area contributed by atoms with E-state index in [1.54, 1.807) is 18.2 Å². The van der Waals surface area contributed by atoms with Crippen molar-refractivity contribution in [1.29, 1.82) is 0 Å². The van der Waals surface area contributed by atoms with Crippen molar-refractivity contribution in [1.82, 2.24) is 0 Å². The van der Waals surface area contributed by atoms with Crippen LogP contribution in [0.1, 0.15) is 106 Å². The Labute approximate surface area is 187 Å². The molecule has 168 valence electrons. The lowest BCUT2D eigenvalue weighted by Crippen LogP contribution is -2.34. The molecule has 2 aromatic rings. The highest BCUT2D eigenvalue weighted by Gasteiger charge is 2.37. The minimum atomic E-state index is -0.948. The van der Waals surface area contributed by atoms with Gasteiger partial charge in [-0.1, -0.05) is 84.2 Å². The molecule has 0 aliphatic heterocycles. The van der Waals surface area contributed by atoms with Crippen LogP contribution in [0.3, 0.4) is 0 Å². The van der Waals surface area contributed by atoms with E-state index in [1.165, 1.54) is 42.4 Å². The van der Waals surface area contributed by atoms with Crippen LogP contribution in [-0.4, -0.2) is 17.7 Å². The topological polar surface area (TPSA) is 46.5 Å². The smallest absolute Gasteiger partial charge is 0.339 e. The summed E-state index contributed by atoms with van der Waals surface area (Å²) in [6, 6.07) is 14.0. The number of hydrogen-bond donors (Lipinski definition) is 1. The second-order valence-corrected chi connectivity index (χ2v) is 10.4. The summed E-state index contributed by atoms with van der Waals surface area (Å²) in [6.07, 6.45) is 6.98. The summed E-state index contributed by atoms with van der Waals surface area (Å²) in [5, 5.41) is 9.48. The second kappa shape index (κ2) is 9.46. The van der Waals surface area contributed by atoms with Crippen LogP contribution >= 0.6 is 0 Å². The van der Waals surface area contributed by atoms with Crippen molar-refractivity contribution in [2.75, 3.05) is 6.61 Å². The third kappa shape index (κ3) is 5.31. The van der Waals surface area contributed by atoms with Crippen molar-refractivity contribution >= 4 is 5.97 Å². The van der Waals surface area contributed by atoms with Gasteiger partial charge in [0.1, 0.15) is 11.3 Å². The largest absolute Gasteiger partial charge is 0.492 e. The number of carbonyl (C=O) groups is 1. The molecule has 3 heteroatoms. The first kappa shape index (κ1) is 23.4. The first-order valence-corrected chi connectivity index (χ1v) is 11.8. The lowest BCUT2D eigenvalue weighted by atomic mass is 9.62. The van der Waals surface area contributed by atoms with Gasteiger partial charge in [0.15, 0.2) is 0 Å². The van der Waals surface area contributed by atoms with E-state index in [-0.39, 0.29) is 22.3 Å². The number of carboxylic acid groups (broad SMARTS) is 1. The number of aromatic carboxylic acids is 1. The van der Waals surface area contributed by atoms with Gasteiger partial charge in [-0.15, -0.1) is 0 Å². The average molecular weight is 423 g/mol. The van der Waals surface area contributed by atoms with Gasteiger partial charge in [0, 0.05) is 5.92 Å². The van der Waals surface area contributed by atoms with Crippen molar-refractivity contribution in [3.63, 3.8) is 0 Å². The number of ether oxygens (including phenoxy) is 1. The number of fused-ring (bicyclic) bond motifs is 1. The number of benzene rings is 2. The van der Waals surface area contributed by atoms with Gasteiger partial charge < -0.3 is 9.84 Å². The van der Waals surface area contributed by atoms with Gasteiger partial charge in [0.05, 0.1) is 6.61 Å². The Morgan fingerprint density at radius 1 is 1.00 bits per heavy atom. The Kier molecular flexibility index (Phi) is 7.13. The molecule has 0 saturated carbocycles. The lowest BCUT2D eigenvalue weighted by Gasteiger charge is -2.42. The third-order valence-electron chi connectivity index (χ3n) is 7.06. The minimum Gasteiger partial charge on any atom is -0.492 e. The molecule has 0 heterocycles. The summed E-state index contributed by atoms with van der Waals surface area (Å²) in [7, 11) is 0. The maximum atomic E-state index is 11.6. The number of hydrogen-bond acceptors (Lipinski definition) is 2. The molecule has 0 saturated heterocycles. The van der Waals surface area contributed by atoms with Crippen LogP contribution in [0, 0.1) is 0 Å². The standard InChI is InChI=1S/C28H38O3/c1-6-7-8-11-21(19-31-25-13-10-9-12-22(25)26(29)30)20-14-15-23-24(18-20)28(4,5)17-16-27(23,2)3/h9-10,12-15,18,21H,6-8,11,16-17,19H2,1-5H3,(H,29,30). The van der Waals surface area contributed by atoms with Crippen LogP contribution in [0.5, 0.6) is 5.75 Å². The van der Waals surface area contributed by atoms with Gasteiger partial charge in [0.25, 0.3) is 0 Å². The molecule has 2 aromatic carbocycles. The second-order valence-electron chi connectivity index (χ2n) is 10.4. The highest BCUT2D eigenvalue weighted by atomic mass is 16.5. The van der Waals surface area contributed by atoms with E-state index in [0.717, 1.165) is 12.8 Å². The van der Waals surface area contributed by atoms with Crippen molar-refractivity contribution in [3.8, 4) is 5.75 Å². The van der Waals surface area contributed by atoms with Crippen LogP contribution in [-0.2, 0) is 10.8 Å². The van der Waals surface area contributed by atoms with Gasteiger partial charge in [-0.3, -0.25) is 0 Å². The highest BCUT2D eigenvalue weighted by Crippen LogP contribution is 2.46. The maximum Gasteiger partial charge on any atom is 0.339 e. The van der Waals surface area contributed by atoms with Crippen molar-refractivity contribution in [3.05, 3.63) is 64.7 Å². The molecule has 1 atom stereocenters. The Bertz CT molecular complexity index is 910. The molecular formula is C28H38O3. The Hall–Kier alpha value is -2.29. The van der Waals surface area contributed by atoms with Crippen molar-refractivity contribution < 1.29 is 14.6 Å². The lowest BCUT2D eigenvalue weighted by molar-refractivity contribution is 0.0691. The number of unbranched alkanes of at least 4 members (excludes halogenated alkanes) is 2. The summed E-state index contributed by atoms with van der Waals surface area (Å²) in [6.45, 7) is 12.1. The Balaban J connectivity index is 1.90. The van der Waals surface area contributed by atoms with E-state index < -0.39 is 5.97 Å². The van der Waals surface area contributed by atoms with Gasteiger partial charge in [-0.25, -0.2) is 4.79 Å². The molecule has 3 rings (SSSR count). The number of carboxylic acids is 1. The summed E-state index contributed by atoms with van der Waals surface area (Å²) in [4.78, 5) is 11.6. The van der Waals surface area contributed by atoms with Gasteiger partial charge >= 0.3 is 5.97 Å². The first-order valence-electron chi connectivity index (χ1n) is 11.8. The quantitative estimate of drug-likeness (QED) is 0.426. The van der Waals surface area contributed by atoms with Crippen LogP contribution < -0.4 is 4.74 Å². The van der Waals surface area contributed by atoms with E-state index in [0.29, 0.717) is 12.4 Å². The molecule has 0 spiro atoms. The van der Waals surface area contributed by atoms with E-state index in [1.807, 2.05) is 6.07 Å². The van der Waals surface area contributed by atoms with Crippen LogP contribution in [0.15, 0.2) is 42.5 Å². The molecule has 1 unspecified atom stereocenters. The molecule has 0 amide bonds. The Morgan fingerprint density at radius 2 is 1.68 bits per heavy atom. The fourth-order valence-electron chi connectivity index (χ4n) is 4.81. The monoisotopic (exact) mass is 422 g/mol. The molecule has 0 fully saturated rings. The Morgan fingerprint density at radius 3 is 2.35 bits per heavy atom. The van der Waals surface area contributed by atoms with Gasteiger partial charge in [-0.2, -0.15) is 0 Å². The van der Waals surface area contributed by atoms with Gasteiger partial charge in [0.2, 0.25) is 0 Å². The highest BCUT2D eigenvalue weighted by molar-refractivity contribution is 5.90. The zero-order chi connectivity index (χ0) is 22.6. The van der Waals surface area contributed by atoms with Crippen molar-refractivity contribution in [2.24, 2.45) is 0 Å². The van der Waals surface area contributed by atoms with Crippen LogP contribution in [0.2, 0.25) is 0 Å². The summed E-state index contributed by atoms with van der Waals surface area (Å²) in [5.74, 6) is -0.245. The van der Waals surface area contributed by atoms with Crippen LogP contribution in [0.25, 0.3) is 0 Å². The predicted molar refractivity (Wildman–Crippen MR) is 128 cm³/mol. The summed E-state index contributed by atoms with van der Waals surface area (Å²) < 4.78 is 6.10. The molecular weight excluding hydrogens is 384 g/mol. The molecule has 3 nitrogen and oxygen atoms in total. The fourth-order valence-corrected chi connectivity index (χ4v) is 4.81. The minimum absolute atomic E-state index is 0.172. The summed E-state index contributed by atoms with van der Waals surface area (Å²) >= 11 is 0. The fraction of sp³-hybridized carbons (Fsp3) is 0.536. The third-order valence-corrected chi connectivity index (χ3v) is 7.06. The van der Waals surface area contributed by atoms with Crippen LogP contribution in [0.4, 0.5) is 0 Å². The molecule has 0 aromatic heterocycles.